The lowest BCUT2D eigenvalue weighted by Crippen LogP contribution is -2.24. The molecule has 16 heavy (non-hydrogen) atoms. The van der Waals surface area contributed by atoms with Gasteiger partial charge < -0.3 is 15.7 Å². The molecule has 2 rings (SSSR count). The Labute approximate surface area is 100 Å². The van der Waals surface area contributed by atoms with E-state index in [0.29, 0.717) is 0 Å². The van der Waals surface area contributed by atoms with Crippen LogP contribution in [0, 0.1) is 5.92 Å². The molecule has 5 heteroatoms. The number of aromatic hydroxyl groups is 1. The van der Waals surface area contributed by atoms with Crippen LogP contribution in [-0.4, -0.2) is 24.1 Å². The van der Waals surface area contributed by atoms with Crippen LogP contribution in [0.4, 0.5) is 5.69 Å². The van der Waals surface area contributed by atoms with E-state index >= 15 is 0 Å². The highest BCUT2D eigenvalue weighted by Crippen LogP contribution is 2.16. The number of hydrogen-bond donors (Lipinski definition) is 3. The monoisotopic (exact) mass is 242 g/mol. The summed E-state index contributed by atoms with van der Waals surface area (Å²) < 4.78 is 0. The van der Waals surface area contributed by atoms with Crippen molar-refractivity contribution in [1.82, 2.24) is 5.32 Å². The Bertz CT molecular complexity index is 348. The molecule has 0 spiro atoms. The summed E-state index contributed by atoms with van der Waals surface area (Å²) in [7, 11) is 0. The average Bonchev–Trinajstić information content (AvgIpc) is 2.74. The van der Waals surface area contributed by atoms with Gasteiger partial charge in [0, 0.05) is 12.2 Å². The van der Waals surface area contributed by atoms with Crippen LogP contribution in [0.1, 0.15) is 6.42 Å². The van der Waals surface area contributed by atoms with Crippen molar-refractivity contribution in [2.24, 2.45) is 5.92 Å². The van der Waals surface area contributed by atoms with E-state index in [9.17, 15) is 4.79 Å². The number of rotatable bonds is 2. The summed E-state index contributed by atoms with van der Waals surface area (Å²) in [6, 6.07) is 6.50. The zero-order valence-electron chi connectivity index (χ0n) is 8.77. The fourth-order valence-corrected chi connectivity index (χ4v) is 1.67. The molecule has 3 N–H and O–H groups in total. The van der Waals surface area contributed by atoms with Crippen LogP contribution < -0.4 is 10.6 Å². The van der Waals surface area contributed by atoms with E-state index in [1.54, 1.807) is 24.3 Å². The molecule has 1 aromatic rings. The van der Waals surface area contributed by atoms with E-state index in [4.69, 9.17) is 5.11 Å². The molecule has 1 amide bonds. The highest BCUT2D eigenvalue weighted by Gasteiger charge is 2.22. The molecular formula is C11H15ClN2O2. The number of carbonyl (C=O) groups excluding carboxylic acids is 1. The lowest BCUT2D eigenvalue weighted by molar-refractivity contribution is -0.119. The quantitative estimate of drug-likeness (QED) is 0.687. The average molecular weight is 243 g/mol. The van der Waals surface area contributed by atoms with Gasteiger partial charge in [0.15, 0.2) is 0 Å². The zero-order valence-corrected chi connectivity index (χ0v) is 9.59. The number of halogens is 1. The van der Waals surface area contributed by atoms with Gasteiger partial charge in [-0.25, -0.2) is 0 Å². The van der Waals surface area contributed by atoms with Gasteiger partial charge in [-0.15, -0.1) is 12.4 Å². The number of hydrogen-bond acceptors (Lipinski definition) is 3. The van der Waals surface area contributed by atoms with Crippen molar-refractivity contribution in [2.75, 3.05) is 18.4 Å². The molecule has 0 saturated carbocycles. The minimum absolute atomic E-state index is 0. The maximum atomic E-state index is 11.7. The van der Waals surface area contributed by atoms with E-state index in [0.717, 1.165) is 25.2 Å². The summed E-state index contributed by atoms with van der Waals surface area (Å²) in [5, 5.41) is 15.0. The Kier molecular flexibility index (Phi) is 4.58. The van der Waals surface area contributed by atoms with Crippen LogP contribution in [0.2, 0.25) is 0 Å². The minimum Gasteiger partial charge on any atom is -0.508 e. The van der Waals surface area contributed by atoms with Crippen LogP contribution in [0.3, 0.4) is 0 Å². The highest BCUT2D eigenvalue weighted by molar-refractivity contribution is 5.92. The number of carbonyl (C=O) groups is 1. The third-order valence-corrected chi connectivity index (χ3v) is 2.57. The normalized spacial score (nSPS) is 18.9. The number of nitrogens with one attached hydrogen (secondary N) is 2. The fraction of sp³-hybridized carbons (Fsp3) is 0.364. The second-order valence-electron chi connectivity index (χ2n) is 3.73. The second-order valence-corrected chi connectivity index (χ2v) is 3.73. The summed E-state index contributed by atoms with van der Waals surface area (Å²) in [5.74, 6) is 0.319. The highest BCUT2D eigenvalue weighted by atomic mass is 35.5. The molecule has 1 aliphatic heterocycles. The van der Waals surface area contributed by atoms with Gasteiger partial charge in [0.2, 0.25) is 5.91 Å². The maximum absolute atomic E-state index is 11.7. The molecule has 4 nitrogen and oxygen atoms in total. The predicted molar refractivity (Wildman–Crippen MR) is 65.0 cm³/mol. The van der Waals surface area contributed by atoms with E-state index in [1.807, 2.05) is 0 Å². The topological polar surface area (TPSA) is 61.4 Å². The minimum atomic E-state index is 0. The lowest BCUT2D eigenvalue weighted by atomic mass is 10.1. The van der Waals surface area contributed by atoms with Gasteiger partial charge >= 0.3 is 0 Å². The SMILES string of the molecule is Cl.O=C(Nc1ccc(O)cc1)C1CCNC1. The number of phenols is 1. The summed E-state index contributed by atoms with van der Waals surface area (Å²) in [6.07, 6.45) is 0.893. The van der Waals surface area contributed by atoms with Crippen LogP contribution in [-0.2, 0) is 4.79 Å². The van der Waals surface area contributed by atoms with Gasteiger partial charge in [-0.05, 0) is 37.2 Å². The molecule has 1 aliphatic rings. The van der Waals surface area contributed by atoms with Gasteiger partial charge in [-0.1, -0.05) is 0 Å². The Morgan fingerprint density at radius 3 is 2.62 bits per heavy atom. The molecular weight excluding hydrogens is 228 g/mol. The van der Waals surface area contributed by atoms with Crippen molar-refractivity contribution in [1.29, 1.82) is 0 Å². The molecule has 0 bridgehead atoms. The standard InChI is InChI=1S/C11H14N2O2.ClH/c14-10-3-1-9(2-4-10)13-11(15)8-5-6-12-7-8;/h1-4,8,12,14H,5-7H2,(H,13,15);1H. The molecule has 1 aromatic carbocycles. The smallest absolute Gasteiger partial charge is 0.228 e. The predicted octanol–water partition coefficient (Wildman–Crippen LogP) is 1.36. The van der Waals surface area contributed by atoms with E-state index in [2.05, 4.69) is 10.6 Å². The van der Waals surface area contributed by atoms with Crippen LogP contribution in [0.5, 0.6) is 5.75 Å². The first kappa shape index (κ1) is 12.8. The molecule has 1 unspecified atom stereocenters. The van der Waals surface area contributed by atoms with Crippen molar-refractivity contribution in [2.45, 2.75) is 6.42 Å². The third-order valence-electron chi connectivity index (χ3n) is 2.57. The van der Waals surface area contributed by atoms with Crippen LogP contribution in [0.25, 0.3) is 0 Å². The number of phenolic OH excluding ortho intramolecular Hbond substituents is 1. The molecule has 1 fully saturated rings. The number of anilines is 1. The molecule has 0 aliphatic carbocycles. The van der Waals surface area contributed by atoms with Gasteiger partial charge in [0.05, 0.1) is 5.92 Å². The third kappa shape index (κ3) is 3.12. The van der Waals surface area contributed by atoms with Crippen molar-refractivity contribution in [3.63, 3.8) is 0 Å². The molecule has 88 valence electrons. The maximum Gasteiger partial charge on any atom is 0.228 e. The summed E-state index contributed by atoms with van der Waals surface area (Å²) in [6.45, 7) is 1.66. The number of amides is 1. The first-order valence-electron chi connectivity index (χ1n) is 5.06. The van der Waals surface area contributed by atoms with E-state index < -0.39 is 0 Å². The first-order chi connectivity index (χ1) is 7.25. The first-order valence-corrected chi connectivity index (χ1v) is 5.06. The molecule has 0 aromatic heterocycles. The summed E-state index contributed by atoms with van der Waals surface area (Å²) in [5.41, 5.74) is 0.727. The molecule has 1 saturated heterocycles. The summed E-state index contributed by atoms with van der Waals surface area (Å²) in [4.78, 5) is 11.7. The largest absolute Gasteiger partial charge is 0.508 e. The van der Waals surface area contributed by atoms with E-state index in [-0.39, 0.29) is 30.0 Å². The Hall–Kier alpha value is -1.26. The Morgan fingerprint density at radius 2 is 2.06 bits per heavy atom. The lowest BCUT2D eigenvalue weighted by Gasteiger charge is -2.09. The van der Waals surface area contributed by atoms with Crippen molar-refractivity contribution in [3.8, 4) is 5.75 Å². The van der Waals surface area contributed by atoms with Crippen molar-refractivity contribution < 1.29 is 9.90 Å². The van der Waals surface area contributed by atoms with Gasteiger partial charge in [0.25, 0.3) is 0 Å². The van der Waals surface area contributed by atoms with Gasteiger partial charge in [0.1, 0.15) is 5.75 Å². The molecule has 0 radical (unpaired) electrons. The second kappa shape index (κ2) is 5.72. The van der Waals surface area contributed by atoms with E-state index in [1.165, 1.54) is 0 Å². The van der Waals surface area contributed by atoms with Crippen LogP contribution >= 0.6 is 12.4 Å². The van der Waals surface area contributed by atoms with Gasteiger partial charge in [-0.3, -0.25) is 4.79 Å². The van der Waals surface area contributed by atoms with Crippen molar-refractivity contribution >= 4 is 24.0 Å². The zero-order chi connectivity index (χ0) is 10.7. The molecule has 1 heterocycles. The Morgan fingerprint density at radius 1 is 1.38 bits per heavy atom. The Balaban J connectivity index is 0.00000128. The van der Waals surface area contributed by atoms with Crippen LogP contribution in [0.15, 0.2) is 24.3 Å². The summed E-state index contributed by atoms with van der Waals surface area (Å²) >= 11 is 0. The fourth-order valence-electron chi connectivity index (χ4n) is 1.67. The van der Waals surface area contributed by atoms with Crippen molar-refractivity contribution in [3.05, 3.63) is 24.3 Å². The van der Waals surface area contributed by atoms with Gasteiger partial charge in [-0.2, -0.15) is 0 Å². The number of benzene rings is 1. The molecule has 1 atom stereocenters.